The third-order valence-corrected chi connectivity index (χ3v) is 6.59. The number of pyridine rings is 1. The highest BCUT2D eigenvalue weighted by Crippen LogP contribution is 2.24. The van der Waals surface area contributed by atoms with Gasteiger partial charge >= 0.3 is 0 Å². The second-order valence-corrected chi connectivity index (χ2v) is 9.07. The lowest BCUT2D eigenvalue weighted by atomic mass is 10.1. The number of carbonyl (C=O) groups is 1. The first kappa shape index (κ1) is 22.5. The highest BCUT2D eigenvalue weighted by Gasteiger charge is 2.22. The first-order valence-corrected chi connectivity index (χ1v) is 12.1. The molecule has 7 nitrogen and oxygen atoms in total. The average molecular weight is 451 g/mol. The summed E-state index contributed by atoms with van der Waals surface area (Å²) < 4.78 is 2.10. The number of nitrogens with zero attached hydrogens (tertiary/aromatic N) is 6. The molecule has 0 bridgehead atoms. The zero-order valence-electron chi connectivity index (χ0n) is 18.8. The lowest BCUT2D eigenvalue weighted by molar-refractivity contribution is -0.130. The van der Waals surface area contributed by atoms with E-state index in [0.717, 1.165) is 62.2 Å². The predicted octanol–water partition coefficient (Wildman–Crippen LogP) is 3.50. The number of aryl methyl sites for hydroxylation is 1. The van der Waals surface area contributed by atoms with Crippen LogP contribution in [0.2, 0.25) is 0 Å². The quantitative estimate of drug-likeness (QED) is 0.490. The summed E-state index contributed by atoms with van der Waals surface area (Å²) in [6, 6.07) is 12.5. The van der Waals surface area contributed by atoms with E-state index < -0.39 is 0 Å². The maximum absolute atomic E-state index is 12.8. The zero-order valence-corrected chi connectivity index (χ0v) is 19.6. The maximum Gasteiger partial charge on any atom is 0.233 e. The van der Waals surface area contributed by atoms with Gasteiger partial charge in [-0.3, -0.25) is 14.7 Å². The van der Waals surface area contributed by atoms with Gasteiger partial charge in [0.15, 0.2) is 11.0 Å². The van der Waals surface area contributed by atoms with E-state index in [0.29, 0.717) is 5.75 Å². The van der Waals surface area contributed by atoms with Crippen molar-refractivity contribution in [2.24, 2.45) is 0 Å². The summed E-state index contributed by atoms with van der Waals surface area (Å²) in [4.78, 5) is 21.3. The van der Waals surface area contributed by atoms with Gasteiger partial charge < -0.3 is 9.47 Å². The van der Waals surface area contributed by atoms with E-state index in [1.807, 2.05) is 17.0 Å². The Hall–Kier alpha value is -2.71. The molecule has 0 atom stereocenters. The smallest absolute Gasteiger partial charge is 0.233 e. The van der Waals surface area contributed by atoms with Crippen LogP contribution in [0, 0.1) is 6.92 Å². The van der Waals surface area contributed by atoms with Gasteiger partial charge in [0.1, 0.15) is 0 Å². The monoisotopic (exact) mass is 450 g/mol. The van der Waals surface area contributed by atoms with Gasteiger partial charge in [-0.25, -0.2) is 0 Å². The van der Waals surface area contributed by atoms with Crippen molar-refractivity contribution in [2.45, 2.75) is 38.5 Å². The van der Waals surface area contributed by atoms with E-state index in [2.05, 4.69) is 62.8 Å². The van der Waals surface area contributed by atoms with Crippen LogP contribution in [-0.4, -0.2) is 67.4 Å². The van der Waals surface area contributed by atoms with Crippen LogP contribution in [0.5, 0.6) is 0 Å². The van der Waals surface area contributed by atoms with E-state index >= 15 is 0 Å². The van der Waals surface area contributed by atoms with Crippen LogP contribution < -0.4 is 0 Å². The summed E-state index contributed by atoms with van der Waals surface area (Å²) in [6.45, 7) is 9.37. The molecule has 0 aliphatic carbocycles. The second kappa shape index (κ2) is 10.7. The van der Waals surface area contributed by atoms with Crippen LogP contribution in [0.15, 0.2) is 53.9 Å². The van der Waals surface area contributed by atoms with E-state index in [4.69, 9.17) is 0 Å². The Morgan fingerprint density at radius 2 is 1.84 bits per heavy atom. The fourth-order valence-corrected chi connectivity index (χ4v) is 4.84. The number of thioether (sulfide) groups is 1. The summed E-state index contributed by atoms with van der Waals surface area (Å²) in [5.74, 6) is 1.38. The topological polar surface area (TPSA) is 67.2 Å². The van der Waals surface area contributed by atoms with Crippen molar-refractivity contribution in [2.75, 3.05) is 31.9 Å². The number of piperazine rings is 1. The van der Waals surface area contributed by atoms with Gasteiger partial charge in [-0.05, 0) is 31.0 Å². The summed E-state index contributed by atoms with van der Waals surface area (Å²) in [5, 5.41) is 9.55. The molecule has 3 aromatic rings. The molecule has 0 unspecified atom stereocenters. The third-order valence-electron chi connectivity index (χ3n) is 5.64. The van der Waals surface area contributed by atoms with Gasteiger partial charge in [-0.15, -0.1) is 10.2 Å². The van der Waals surface area contributed by atoms with Crippen molar-refractivity contribution in [3.63, 3.8) is 0 Å². The molecule has 4 rings (SSSR count). The van der Waals surface area contributed by atoms with Crippen molar-refractivity contribution in [3.05, 3.63) is 59.9 Å². The molecule has 8 heteroatoms. The third kappa shape index (κ3) is 5.55. The van der Waals surface area contributed by atoms with Crippen molar-refractivity contribution in [1.29, 1.82) is 0 Å². The Morgan fingerprint density at radius 1 is 1.06 bits per heavy atom. The SMILES string of the molecule is CCCn1c(SCC(=O)N2CCN(Cc3cccc(C)c3)CC2)nnc1-c1ccncc1. The minimum absolute atomic E-state index is 0.168. The highest BCUT2D eigenvalue weighted by molar-refractivity contribution is 7.99. The molecule has 1 aromatic carbocycles. The fraction of sp³-hybridized carbons (Fsp3) is 0.417. The molecule has 1 aliphatic rings. The Balaban J connectivity index is 1.31. The van der Waals surface area contributed by atoms with Crippen LogP contribution in [0.25, 0.3) is 11.4 Å². The minimum atomic E-state index is 0.168. The summed E-state index contributed by atoms with van der Waals surface area (Å²) in [5.41, 5.74) is 3.61. The lowest BCUT2D eigenvalue weighted by Gasteiger charge is -2.34. The first-order valence-electron chi connectivity index (χ1n) is 11.2. The Kier molecular flexibility index (Phi) is 7.55. The summed E-state index contributed by atoms with van der Waals surface area (Å²) >= 11 is 1.48. The molecule has 0 saturated carbocycles. The molecule has 0 radical (unpaired) electrons. The predicted molar refractivity (Wildman–Crippen MR) is 127 cm³/mol. The molecule has 168 valence electrons. The molecule has 1 amide bonds. The Bertz CT molecular complexity index is 1030. The second-order valence-electron chi connectivity index (χ2n) is 8.13. The molecule has 1 saturated heterocycles. The first-order chi connectivity index (χ1) is 15.6. The fourth-order valence-electron chi connectivity index (χ4n) is 3.98. The molecule has 1 aliphatic heterocycles. The van der Waals surface area contributed by atoms with Gasteiger partial charge in [-0.2, -0.15) is 0 Å². The van der Waals surface area contributed by atoms with Crippen molar-refractivity contribution >= 4 is 17.7 Å². The van der Waals surface area contributed by atoms with Crippen LogP contribution in [0.4, 0.5) is 0 Å². The minimum Gasteiger partial charge on any atom is -0.339 e. The van der Waals surface area contributed by atoms with Gasteiger partial charge in [0, 0.05) is 57.2 Å². The number of hydrogen-bond donors (Lipinski definition) is 0. The van der Waals surface area contributed by atoms with Crippen molar-refractivity contribution in [1.82, 2.24) is 29.5 Å². The van der Waals surface area contributed by atoms with E-state index in [1.54, 1.807) is 12.4 Å². The zero-order chi connectivity index (χ0) is 22.3. The van der Waals surface area contributed by atoms with Gasteiger partial charge in [-0.1, -0.05) is 48.5 Å². The highest BCUT2D eigenvalue weighted by atomic mass is 32.2. The van der Waals surface area contributed by atoms with Crippen molar-refractivity contribution in [3.8, 4) is 11.4 Å². The van der Waals surface area contributed by atoms with Crippen LogP contribution >= 0.6 is 11.8 Å². The van der Waals surface area contributed by atoms with Gasteiger partial charge in [0.05, 0.1) is 5.75 Å². The number of carbonyl (C=O) groups excluding carboxylic acids is 1. The normalized spacial score (nSPS) is 14.6. The number of benzene rings is 1. The van der Waals surface area contributed by atoms with Crippen LogP contribution in [0.3, 0.4) is 0 Å². The standard InChI is InChI=1S/C24H30N6OS/c1-3-11-30-23(21-7-9-25-10-8-21)26-27-24(30)32-18-22(31)29-14-12-28(13-15-29)17-20-6-4-5-19(2)16-20/h4-10,16H,3,11-15,17-18H2,1-2H3. The van der Waals surface area contributed by atoms with Crippen LogP contribution in [0.1, 0.15) is 24.5 Å². The lowest BCUT2D eigenvalue weighted by Crippen LogP contribution is -2.48. The molecule has 2 aromatic heterocycles. The molecule has 32 heavy (non-hydrogen) atoms. The number of amides is 1. The van der Waals surface area contributed by atoms with E-state index in [1.165, 1.54) is 22.9 Å². The molecular weight excluding hydrogens is 420 g/mol. The number of hydrogen-bond acceptors (Lipinski definition) is 6. The number of rotatable bonds is 8. The molecule has 0 spiro atoms. The van der Waals surface area contributed by atoms with E-state index in [9.17, 15) is 4.79 Å². The molecule has 0 N–H and O–H groups in total. The molecule has 3 heterocycles. The largest absolute Gasteiger partial charge is 0.339 e. The van der Waals surface area contributed by atoms with Gasteiger partial charge in [0.25, 0.3) is 0 Å². The van der Waals surface area contributed by atoms with Gasteiger partial charge in [0.2, 0.25) is 5.91 Å². The summed E-state index contributed by atoms with van der Waals surface area (Å²) in [7, 11) is 0. The molecular formula is C24H30N6OS. The Labute approximate surface area is 193 Å². The number of aromatic nitrogens is 4. The summed E-state index contributed by atoms with van der Waals surface area (Å²) in [6.07, 6.45) is 4.49. The molecule has 1 fully saturated rings. The maximum atomic E-state index is 12.8. The van der Waals surface area contributed by atoms with Crippen LogP contribution in [-0.2, 0) is 17.9 Å². The average Bonchev–Trinajstić information content (AvgIpc) is 3.21. The van der Waals surface area contributed by atoms with E-state index in [-0.39, 0.29) is 5.91 Å². The van der Waals surface area contributed by atoms with Crippen molar-refractivity contribution < 1.29 is 4.79 Å². The Morgan fingerprint density at radius 3 is 2.56 bits per heavy atom.